The normalized spacial score (nSPS) is 14.3. The Hall–Kier alpha value is -2.01. The van der Waals surface area contributed by atoms with Crippen LogP contribution in [0.4, 0.5) is 0 Å². The Kier molecular flexibility index (Phi) is 5.13. The van der Waals surface area contributed by atoms with Gasteiger partial charge in [0.25, 0.3) is 0 Å². The average Bonchev–Trinajstić information content (AvgIpc) is 2.60. The fourth-order valence-electron chi connectivity index (χ4n) is 3.14. The summed E-state index contributed by atoms with van der Waals surface area (Å²) in [4.78, 5) is 14.9. The number of ether oxygens (including phenoxy) is 1. The lowest BCUT2D eigenvalue weighted by molar-refractivity contribution is 0.147. The van der Waals surface area contributed by atoms with Crippen LogP contribution in [0.15, 0.2) is 45.6 Å². The van der Waals surface area contributed by atoms with E-state index in [2.05, 4.69) is 4.90 Å². The molecule has 0 amide bonds. The van der Waals surface area contributed by atoms with E-state index in [-0.39, 0.29) is 5.43 Å². The molecule has 2 aromatic carbocycles. The third kappa shape index (κ3) is 3.70. The molecule has 0 unspecified atom stereocenters. The van der Waals surface area contributed by atoms with E-state index in [1.807, 2.05) is 13.0 Å². The quantitative estimate of drug-likeness (QED) is 0.589. The predicted molar refractivity (Wildman–Crippen MR) is 109 cm³/mol. The van der Waals surface area contributed by atoms with Crippen LogP contribution in [0.3, 0.4) is 0 Å². The fourth-order valence-corrected chi connectivity index (χ4v) is 3.51. The minimum Gasteiger partial charge on any atom is -0.491 e. The zero-order valence-electron chi connectivity index (χ0n) is 14.9. The highest BCUT2D eigenvalue weighted by Gasteiger charge is 2.17. The summed E-state index contributed by atoms with van der Waals surface area (Å²) >= 11 is 12.5. The second-order valence-corrected chi connectivity index (χ2v) is 7.55. The zero-order chi connectivity index (χ0) is 19.0. The molecule has 4 nitrogen and oxygen atoms in total. The molecule has 4 rings (SSSR count). The van der Waals surface area contributed by atoms with Crippen molar-refractivity contribution in [1.29, 1.82) is 0 Å². The Morgan fingerprint density at radius 3 is 2.70 bits per heavy atom. The molecule has 1 aliphatic rings. The van der Waals surface area contributed by atoms with Crippen LogP contribution in [0.25, 0.3) is 22.3 Å². The van der Waals surface area contributed by atoms with Gasteiger partial charge in [0.1, 0.15) is 18.1 Å². The topological polar surface area (TPSA) is 42.7 Å². The first-order valence-electron chi connectivity index (χ1n) is 8.91. The number of hydrogen-bond acceptors (Lipinski definition) is 4. The number of hydrogen-bond donors (Lipinski definition) is 0. The Bertz CT molecular complexity index is 1060. The van der Waals surface area contributed by atoms with Crippen molar-refractivity contribution in [3.8, 4) is 17.1 Å². The van der Waals surface area contributed by atoms with Crippen molar-refractivity contribution in [2.24, 2.45) is 0 Å². The van der Waals surface area contributed by atoms with Crippen LogP contribution in [0.2, 0.25) is 10.0 Å². The second-order valence-electron chi connectivity index (χ2n) is 6.73. The number of likely N-dealkylation sites (tertiary alicyclic amines) is 1. The van der Waals surface area contributed by atoms with Crippen molar-refractivity contribution in [3.05, 3.63) is 62.2 Å². The van der Waals surface area contributed by atoms with Crippen LogP contribution in [0, 0.1) is 6.92 Å². The first kappa shape index (κ1) is 18.4. The van der Waals surface area contributed by atoms with Crippen LogP contribution in [0.5, 0.6) is 5.75 Å². The lowest BCUT2D eigenvalue weighted by Crippen LogP contribution is -2.39. The minimum absolute atomic E-state index is 0.145. The van der Waals surface area contributed by atoms with Gasteiger partial charge in [0.05, 0.1) is 16.0 Å². The number of rotatable bonds is 5. The lowest BCUT2D eigenvalue weighted by atomic mass is 10.1. The lowest BCUT2D eigenvalue weighted by Gasteiger charge is -2.30. The van der Waals surface area contributed by atoms with Gasteiger partial charge in [-0.2, -0.15) is 0 Å². The number of aryl methyl sites for hydroxylation is 1. The van der Waals surface area contributed by atoms with Crippen LogP contribution >= 0.6 is 23.2 Å². The predicted octanol–water partition coefficient (Wildman–Crippen LogP) is 5.16. The Morgan fingerprint density at radius 1 is 1.15 bits per heavy atom. The maximum atomic E-state index is 12.5. The molecule has 0 aliphatic carbocycles. The summed E-state index contributed by atoms with van der Waals surface area (Å²) in [5, 5.41) is 1.47. The summed E-state index contributed by atoms with van der Waals surface area (Å²) in [5.41, 5.74) is 1.80. The molecular formula is C21H19Cl2NO3. The Balaban J connectivity index is 1.75. The van der Waals surface area contributed by atoms with E-state index < -0.39 is 0 Å². The monoisotopic (exact) mass is 403 g/mol. The van der Waals surface area contributed by atoms with Gasteiger partial charge in [0.2, 0.25) is 0 Å². The van der Waals surface area contributed by atoms with Gasteiger partial charge >= 0.3 is 0 Å². The first-order chi connectivity index (χ1) is 13.0. The number of benzene rings is 2. The molecule has 0 spiro atoms. The van der Waals surface area contributed by atoms with E-state index in [0.717, 1.165) is 25.2 Å². The first-order valence-corrected chi connectivity index (χ1v) is 9.66. The molecule has 0 radical (unpaired) electrons. The summed E-state index contributed by atoms with van der Waals surface area (Å²) in [6.07, 6.45) is 1.24. The molecular weight excluding hydrogens is 385 g/mol. The van der Waals surface area contributed by atoms with Crippen LogP contribution in [-0.2, 0) is 0 Å². The van der Waals surface area contributed by atoms with Gasteiger partial charge in [-0.25, -0.2) is 0 Å². The molecule has 6 heteroatoms. The zero-order valence-corrected chi connectivity index (χ0v) is 16.4. The Labute approximate surface area is 167 Å². The molecule has 1 fully saturated rings. The number of halogens is 2. The van der Waals surface area contributed by atoms with Gasteiger partial charge < -0.3 is 9.15 Å². The standard InChI is InChI=1S/C21H19Cl2NO3/c1-13-10-15(19(11-17(13)23)26-9-8-24-6-3-7-24)20-12-18(25)14-4-2-5-16(22)21(14)27-20/h2,4-5,10-12H,3,6-9H2,1H3. The summed E-state index contributed by atoms with van der Waals surface area (Å²) < 4.78 is 12.0. The third-order valence-corrected chi connectivity index (χ3v) is 5.55. The van der Waals surface area contributed by atoms with Gasteiger partial charge in [0.15, 0.2) is 11.0 Å². The van der Waals surface area contributed by atoms with Crippen LogP contribution < -0.4 is 10.2 Å². The molecule has 3 aromatic rings. The SMILES string of the molecule is Cc1cc(-c2cc(=O)c3cccc(Cl)c3o2)c(OCCN2CCC2)cc1Cl. The van der Waals surface area contributed by atoms with Crippen molar-refractivity contribution in [1.82, 2.24) is 4.90 Å². The van der Waals surface area contributed by atoms with E-state index in [0.29, 0.717) is 44.7 Å². The van der Waals surface area contributed by atoms with E-state index in [1.54, 1.807) is 24.3 Å². The Morgan fingerprint density at radius 2 is 1.96 bits per heavy atom. The summed E-state index contributed by atoms with van der Waals surface area (Å²) in [7, 11) is 0. The van der Waals surface area contributed by atoms with Gasteiger partial charge in [-0.1, -0.05) is 29.3 Å². The highest BCUT2D eigenvalue weighted by molar-refractivity contribution is 6.34. The van der Waals surface area contributed by atoms with Gasteiger partial charge in [-0.15, -0.1) is 0 Å². The highest BCUT2D eigenvalue weighted by atomic mass is 35.5. The molecule has 2 heterocycles. The smallest absolute Gasteiger partial charge is 0.193 e. The van der Waals surface area contributed by atoms with Crippen molar-refractivity contribution in [2.45, 2.75) is 13.3 Å². The van der Waals surface area contributed by atoms with Crippen molar-refractivity contribution in [3.63, 3.8) is 0 Å². The van der Waals surface area contributed by atoms with Crippen LogP contribution in [0.1, 0.15) is 12.0 Å². The molecule has 140 valence electrons. The molecule has 1 aliphatic heterocycles. The van der Waals surface area contributed by atoms with Gasteiger partial charge in [-0.3, -0.25) is 9.69 Å². The van der Waals surface area contributed by atoms with Gasteiger partial charge in [0, 0.05) is 17.6 Å². The fraction of sp³-hybridized carbons (Fsp3) is 0.286. The van der Waals surface area contributed by atoms with Crippen molar-refractivity contribution in [2.75, 3.05) is 26.2 Å². The largest absolute Gasteiger partial charge is 0.491 e. The number of nitrogens with zero attached hydrogens (tertiary/aromatic N) is 1. The van der Waals surface area contributed by atoms with Gasteiger partial charge in [-0.05, 0) is 56.3 Å². The second kappa shape index (κ2) is 7.55. The van der Waals surface area contributed by atoms with Crippen molar-refractivity contribution < 1.29 is 9.15 Å². The molecule has 0 N–H and O–H groups in total. The van der Waals surface area contributed by atoms with Crippen LogP contribution in [-0.4, -0.2) is 31.1 Å². The maximum absolute atomic E-state index is 12.5. The van der Waals surface area contributed by atoms with E-state index in [4.69, 9.17) is 32.4 Å². The highest BCUT2D eigenvalue weighted by Crippen LogP contribution is 2.36. The average molecular weight is 404 g/mol. The maximum Gasteiger partial charge on any atom is 0.193 e. The molecule has 0 atom stereocenters. The molecule has 27 heavy (non-hydrogen) atoms. The van der Waals surface area contributed by atoms with Crippen molar-refractivity contribution >= 4 is 34.2 Å². The molecule has 1 aromatic heterocycles. The number of fused-ring (bicyclic) bond motifs is 1. The van der Waals surface area contributed by atoms with E-state index in [9.17, 15) is 4.79 Å². The molecule has 0 saturated carbocycles. The minimum atomic E-state index is -0.145. The molecule has 0 bridgehead atoms. The summed E-state index contributed by atoms with van der Waals surface area (Å²) in [5.74, 6) is 1.01. The van der Waals surface area contributed by atoms with E-state index >= 15 is 0 Å². The number of para-hydroxylation sites is 1. The third-order valence-electron chi connectivity index (χ3n) is 4.85. The summed E-state index contributed by atoms with van der Waals surface area (Å²) in [6.45, 7) is 5.54. The summed E-state index contributed by atoms with van der Waals surface area (Å²) in [6, 6.07) is 10.3. The molecule has 1 saturated heterocycles. The van der Waals surface area contributed by atoms with E-state index in [1.165, 1.54) is 12.5 Å².